The van der Waals surface area contributed by atoms with E-state index in [-0.39, 0.29) is 5.41 Å². The largest absolute Gasteiger partial charge is 0.310 e. The molecule has 3 atom stereocenters. The molecule has 3 unspecified atom stereocenters. The Kier molecular flexibility index (Phi) is 5.48. The highest BCUT2D eigenvalue weighted by molar-refractivity contribution is 5.29. The minimum absolute atomic E-state index is 0.242. The fraction of sp³-hybridized carbons (Fsp3) is 0.700. The van der Waals surface area contributed by atoms with E-state index in [2.05, 4.69) is 64.2 Å². The Morgan fingerprint density at radius 2 is 1.81 bits per heavy atom. The van der Waals surface area contributed by atoms with Crippen LogP contribution < -0.4 is 5.32 Å². The average Bonchev–Trinajstić information content (AvgIpc) is 2.85. The smallest absolute Gasteiger partial charge is 0.0351 e. The van der Waals surface area contributed by atoms with Gasteiger partial charge in [0.1, 0.15) is 0 Å². The van der Waals surface area contributed by atoms with Crippen LogP contribution in [-0.4, -0.2) is 6.54 Å². The minimum atomic E-state index is 0.242. The summed E-state index contributed by atoms with van der Waals surface area (Å²) in [6.07, 6.45) is 5.38. The van der Waals surface area contributed by atoms with Gasteiger partial charge in [-0.3, -0.25) is 0 Å². The van der Waals surface area contributed by atoms with Crippen molar-refractivity contribution < 1.29 is 0 Å². The molecule has 0 aliphatic heterocycles. The molecule has 1 aromatic carbocycles. The molecule has 0 radical (unpaired) electrons. The maximum absolute atomic E-state index is 3.82. The lowest BCUT2D eigenvalue weighted by atomic mass is 9.83. The van der Waals surface area contributed by atoms with Gasteiger partial charge in [0.2, 0.25) is 0 Å². The van der Waals surface area contributed by atoms with Crippen LogP contribution in [0.5, 0.6) is 0 Å². The molecular weight excluding hydrogens is 254 g/mol. The van der Waals surface area contributed by atoms with Crippen molar-refractivity contribution in [2.45, 2.75) is 71.8 Å². The number of hydrogen-bond acceptors (Lipinski definition) is 1. The molecule has 118 valence electrons. The third-order valence-corrected chi connectivity index (χ3v) is 5.11. The second-order valence-electron chi connectivity index (χ2n) is 7.88. The van der Waals surface area contributed by atoms with Crippen LogP contribution >= 0.6 is 0 Å². The molecule has 0 spiro atoms. The van der Waals surface area contributed by atoms with Crippen LogP contribution in [0, 0.1) is 11.8 Å². The second kappa shape index (κ2) is 6.96. The molecule has 1 N–H and O–H groups in total. The van der Waals surface area contributed by atoms with E-state index in [9.17, 15) is 0 Å². The third kappa shape index (κ3) is 4.10. The summed E-state index contributed by atoms with van der Waals surface area (Å²) < 4.78 is 0. The van der Waals surface area contributed by atoms with Gasteiger partial charge in [0, 0.05) is 6.04 Å². The predicted molar refractivity (Wildman–Crippen MR) is 92.7 cm³/mol. The normalized spacial score (nSPS) is 24.2. The van der Waals surface area contributed by atoms with Crippen LogP contribution in [0.25, 0.3) is 0 Å². The zero-order chi connectivity index (χ0) is 15.5. The molecule has 1 nitrogen and oxygen atoms in total. The van der Waals surface area contributed by atoms with Crippen LogP contribution in [0.4, 0.5) is 0 Å². The van der Waals surface area contributed by atoms with Crippen molar-refractivity contribution >= 4 is 0 Å². The van der Waals surface area contributed by atoms with E-state index in [0.29, 0.717) is 6.04 Å². The lowest BCUT2D eigenvalue weighted by Crippen LogP contribution is -2.30. The molecule has 1 aliphatic carbocycles. The van der Waals surface area contributed by atoms with E-state index >= 15 is 0 Å². The topological polar surface area (TPSA) is 12.0 Å². The van der Waals surface area contributed by atoms with E-state index in [1.807, 2.05) is 0 Å². The first-order valence-corrected chi connectivity index (χ1v) is 8.77. The standard InChI is InChI=1S/C20H33N/c1-6-14-21-19(18-9-7-8-15(18)2)16-10-12-17(13-11-16)20(3,4)5/h10-13,15,18-19,21H,6-9,14H2,1-5H3. The SMILES string of the molecule is CCCNC(c1ccc(C(C)(C)C)cc1)C1CCCC1C. The average molecular weight is 287 g/mol. The summed E-state index contributed by atoms with van der Waals surface area (Å²) >= 11 is 0. The summed E-state index contributed by atoms with van der Waals surface area (Å²) in [4.78, 5) is 0. The number of hydrogen-bond donors (Lipinski definition) is 1. The molecule has 0 aromatic heterocycles. The molecule has 0 saturated heterocycles. The predicted octanol–water partition coefficient (Wildman–Crippen LogP) is 5.46. The summed E-state index contributed by atoms with van der Waals surface area (Å²) in [5.74, 6) is 1.65. The monoisotopic (exact) mass is 287 g/mol. The first-order chi connectivity index (χ1) is 9.93. The van der Waals surface area contributed by atoms with Crippen molar-refractivity contribution in [2.24, 2.45) is 11.8 Å². The molecule has 1 saturated carbocycles. The van der Waals surface area contributed by atoms with Gasteiger partial charge in [-0.05, 0) is 47.8 Å². The van der Waals surface area contributed by atoms with Gasteiger partial charge in [-0.25, -0.2) is 0 Å². The van der Waals surface area contributed by atoms with Gasteiger partial charge in [-0.1, -0.05) is 71.7 Å². The van der Waals surface area contributed by atoms with Gasteiger partial charge in [0.05, 0.1) is 0 Å². The Bertz CT molecular complexity index is 426. The zero-order valence-electron chi connectivity index (χ0n) is 14.6. The van der Waals surface area contributed by atoms with Crippen LogP contribution in [0.3, 0.4) is 0 Å². The van der Waals surface area contributed by atoms with E-state index in [1.165, 1.54) is 36.8 Å². The summed E-state index contributed by atoms with van der Waals surface area (Å²) in [5, 5.41) is 3.82. The minimum Gasteiger partial charge on any atom is -0.310 e. The second-order valence-corrected chi connectivity index (χ2v) is 7.88. The molecular formula is C20H33N. The van der Waals surface area contributed by atoms with E-state index in [4.69, 9.17) is 0 Å². The Balaban J connectivity index is 2.20. The van der Waals surface area contributed by atoms with Crippen molar-refractivity contribution in [2.75, 3.05) is 6.54 Å². The van der Waals surface area contributed by atoms with Crippen molar-refractivity contribution in [1.29, 1.82) is 0 Å². The van der Waals surface area contributed by atoms with Crippen LogP contribution in [-0.2, 0) is 5.41 Å². The van der Waals surface area contributed by atoms with Crippen LogP contribution in [0.15, 0.2) is 24.3 Å². The van der Waals surface area contributed by atoms with E-state index in [0.717, 1.165) is 18.4 Å². The summed E-state index contributed by atoms with van der Waals surface area (Å²) in [6, 6.07) is 9.92. The molecule has 21 heavy (non-hydrogen) atoms. The number of benzene rings is 1. The lowest BCUT2D eigenvalue weighted by Gasteiger charge is -2.29. The van der Waals surface area contributed by atoms with E-state index < -0.39 is 0 Å². The molecule has 0 heterocycles. The maximum atomic E-state index is 3.82. The first-order valence-electron chi connectivity index (χ1n) is 8.77. The fourth-order valence-corrected chi connectivity index (χ4v) is 3.68. The third-order valence-electron chi connectivity index (χ3n) is 5.11. The highest BCUT2D eigenvalue weighted by Crippen LogP contribution is 2.40. The number of rotatable bonds is 5. The molecule has 1 heteroatoms. The molecule has 0 bridgehead atoms. The zero-order valence-corrected chi connectivity index (χ0v) is 14.6. The van der Waals surface area contributed by atoms with Crippen molar-refractivity contribution in [3.05, 3.63) is 35.4 Å². The van der Waals surface area contributed by atoms with Crippen molar-refractivity contribution in [3.8, 4) is 0 Å². The van der Waals surface area contributed by atoms with Gasteiger partial charge in [-0.15, -0.1) is 0 Å². The highest BCUT2D eigenvalue weighted by Gasteiger charge is 2.31. The van der Waals surface area contributed by atoms with Gasteiger partial charge < -0.3 is 5.32 Å². The lowest BCUT2D eigenvalue weighted by molar-refractivity contribution is 0.302. The Hall–Kier alpha value is -0.820. The van der Waals surface area contributed by atoms with Crippen molar-refractivity contribution in [3.63, 3.8) is 0 Å². The van der Waals surface area contributed by atoms with Crippen molar-refractivity contribution in [1.82, 2.24) is 5.32 Å². The van der Waals surface area contributed by atoms with Gasteiger partial charge in [-0.2, -0.15) is 0 Å². The van der Waals surface area contributed by atoms with Gasteiger partial charge in [0.25, 0.3) is 0 Å². The highest BCUT2D eigenvalue weighted by atomic mass is 14.9. The van der Waals surface area contributed by atoms with Crippen LogP contribution in [0.1, 0.15) is 77.5 Å². The van der Waals surface area contributed by atoms with E-state index in [1.54, 1.807) is 0 Å². The molecule has 2 rings (SSSR count). The molecule has 1 aromatic rings. The van der Waals surface area contributed by atoms with Gasteiger partial charge in [0.15, 0.2) is 0 Å². The molecule has 0 amide bonds. The summed E-state index contributed by atoms with van der Waals surface area (Å²) in [5.41, 5.74) is 3.15. The first kappa shape index (κ1) is 16.5. The fourth-order valence-electron chi connectivity index (χ4n) is 3.68. The maximum Gasteiger partial charge on any atom is 0.0351 e. The quantitative estimate of drug-likeness (QED) is 0.758. The Morgan fingerprint density at radius 3 is 2.29 bits per heavy atom. The summed E-state index contributed by atoms with van der Waals surface area (Å²) in [6.45, 7) is 12.7. The number of nitrogens with one attached hydrogen (secondary N) is 1. The Morgan fingerprint density at radius 1 is 1.14 bits per heavy atom. The molecule has 1 fully saturated rings. The van der Waals surface area contributed by atoms with Crippen LogP contribution in [0.2, 0.25) is 0 Å². The summed E-state index contributed by atoms with van der Waals surface area (Å²) in [7, 11) is 0. The Labute approximate surface area is 131 Å². The van der Waals surface area contributed by atoms with Gasteiger partial charge >= 0.3 is 0 Å². The molecule has 1 aliphatic rings.